The Labute approximate surface area is 156 Å². The molecule has 0 bridgehead atoms. The van der Waals surface area contributed by atoms with Crippen molar-refractivity contribution in [3.63, 3.8) is 0 Å². The maximum absolute atomic E-state index is 14.7. The van der Waals surface area contributed by atoms with Gasteiger partial charge in [-0.25, -0.2) is 8.78 Å². The van der Waals surface area contributed by atoms with Crippen LogP contribution in [0.15, 0.2) is 36.4 Å². The molecule has 2 aromatic carbocycles. The first kappa shape index (κ1) is 19.0. The van der Waals surface area contributed by atoms with E-state index >= 15 is 0 Å². The molecule has 1 heterocycles. The van der Waals surface area contributed by atoms with E-state index in [1.165, 1.54) is 5.56 Å². The number of hydrogen-bond acceptors (Lipinski definition) is 1. The lowest BCUT2D eigenvalue weighted by molar-refractivity contribution is 0.221. The summed E-state index contributed by atoms with van der Waals surface area (Å²) in [5.74, 6) is -0.588. The largest absolute Gasteiger partial charge is 0.293 e. The van der Waals surface area contributed by atoms with Gasteiger partial charge in [0.1, 0.15) is 11.6 Å². The molecule has 1 aliphatic heterocycles. The van der Waals surface area contributed by atoms with Gasteiger partial charge in [0, 0.05) is 5.56 Å². The molecule has 0 aliphatic carbocycles. The summed E-state index contributed by atoms with van der Waals surface area (Å²) in [5.41, 5.74) is 2.82. The van der Waals surface area contributed by atoms with Crippen LogP contribution in [0, 0.1) is 11.6 Å². The summed E-state index contributed by atoms with van der Waals surface area (Å²) in [6.45, 7) is 8.90. The zero-order valence-corrected chi connectivity index (χ0v) is 16.4. The van der Waals surface area contributed by atoms with Crippen LogP contribution < -0.4 is 0 Å². The Balaban J connectivity index is 2.15. The Bertz CT molecular complexity index is 756. The average molecular weight is 357 g/mol. The molecule has 3 rings (SSSR count). The molecule has 1 aliphatic rings. The summed E-state index contributed by atoms with van der Waals surface area (Å²) in [6.07, 6.45) is 1.88. The van der Waals surface area contributed by atoms with Crippen molar-refractivity contribution >= 4 is 0 Å². The lowest BCUT2D eigenvalue weighted by Gasteiger charge is -2.38. The van der Waals surface area contributed by atoms with Crippen LogP contribution in [0.4, 0.5) is 8.78 Å². The molecule has 0 aromatic heterocycles. The summed E-state index contributed by atoms with van der Waals surface area (Å²) in [5, 5.41) is 0. The van der Waals surface area contributed by atoms with Crippen molar-refractivity contribution in [3.8, 4) is 0 Å². The van der Waals surface area contributed by atoms with E-state index in [-0.39, 0.29) is 11.5 Å². The van der Waals surface area contributed by atoms with E-state index in [1.807, 2.05) is 13.8 Å². The highest BCUT2D eigenvalue weighted by atomic mass is 19.1. The van der Waals surface area contributed by atoms with Crippen molar-refractivity contribution in [1.29, 1.82) is 0 Å². The Morgan fingerprint density at radius 2 is 1.46 bits per heavy atom. The highest BCUT2D eigenvalue weighted by Gasteiger charge is 2.42. The number of nitrogens with zero attached hydrogens (tertiary/aromatic N) is 1. The minimum Gasteiger partial charge on any atom is -0.293 e. The molecule has 0 saturated carbocycles. The van der Waals surface area contributed by atoms with E-state index in [1.54, 1.807) is 12.1 Å². The van der Waals surface area contributed by atoms with Gasteiger partial charge in [-0.05, 0) is 67.1 Å². The maximum atomic E-state index is 14.7. The molecule has 0 radical (unpaired) electrons. The van der Waals surface area contributed by atoms with Gasteiger partial charge in [0.15, 0.2) is 0 Å². The monoisotopic (exact) mass is 357 g/mol. The normalized spacial score (nSPS) is 21.1. The summed E-state index contributed by atoms with van der Waals surface area (Å²) in [6, 6.07) is 11.6. The van der Waals surface area contributed by atoms with Gasteiger partial charge in [0.25, 0.3) is 0 Å². The second kappa shape index (κ2) is 7.11. The van der Waals surface area contributed by atoms with E-state index in [4.69, 9.17) is 0 Å². The standard InChI is InChI=1S/C23H29F2N/c1-15(2)17-7-9-18(10-8-17)23(11-6-12-26(23)5)19-13-20(24)22(16(3)4)21(25)14-19/h7-10,13-16H,6,11-12H2,1-5H3. The fraction of sp³-hybridized carbons (Fsp3) is 0.478. The molecular formula is C23H29F2N. The number of hydrogen-bond donors (Lipinski definition) is 0. The van der Waals surface area contributed by atoms with Gasteiger partial charge >= 0.3 is 0 Å². The van der Waals surface area contributed by atoms with Crippen molar-refractivity contribution in [2.75, 3.05) is 13.6 Å². The van der Waals surface area contributed by atoms with Crippen molar-refractivity contribution in [3.05, 3.63) is 70.3 Å². The molecule has 0 N–H and O–H groups in total. The number of likely N-dealkylation sites (tertiary alicyclic amines) is 1. The Morgan fingerprint density at radius 1 is 0.885 bits per heavy atom. The predicted molar refractivity (Wildman–Crippen MR) is 104 cm³/mol. The first-order valence-electron chi connectivity index (χ1n) is 9.58. The van der Waals surface area contributed by atoms with E-state index in [2.05, 4.69) is 50.1 Å². The van der Waals surface area contributed by atoms with Crippen molar-refractivity contribution in [2.45, 2.75) is 57.9 Å². The molecule has 3 heteroatoms. The Kier molecular flexibility index (Phi) is 5.21. The molecule has 0 spiro atoms. The van der Waals surface area contributed by atoms with Gasteiger partial charge in [-0.1, -0.05) is 52.0 Å². The van der Waals surface area contributed by atoms with E-state index in [9.17, 15) is 8.78 Å². The van der Waals surface area contributed by atoms with Crippen LogP contribution in [0.1, 0.15) is 74.6 Å². The first-order valence-corrected chi connectivity index (χ1v) is 9.58. The van der Waals surface area contributed by atoms with Crippen molar-refractivity contribution in [1.82, 2.24) is 4.90 Å². The minimum absolute atomic E-state index is 0.174. The third kappa shape index (κ3) is 3.07. The van der Waals surface area contributed by atoms with Crippen LogP contribution in [-0.4, -0.2) is 18.5 Å². The number of halogens is 2. The van der Waals surface area contributed by atoms with Gasteiger partial charge in [0.2, 0.25) is 0 Å². The SMILES string of the molecule is CC(C)c1ccc(C2(c3cc(F)c(C(C)C)c(F)c3)CCCN2C)cc1. The minimum atomic E-state index is -0.466. The average Bonchev–Trinajstić information content (AvgIpc) is 2.96. The van der Waals surface area contributed by atoms with Gasteiger partial charge in [-0.3, -0.25) is 4.90 Å². The highest BCUT2D eigenvalue weighted by Crippen LogP contribution is 2.45. The van der Waals surface area contributed by atoms with Crippen molar-refractivity contribution in [2.24, 2.45) is 0 Å². The van der Waals surface area contributed by atoms with Crippen LogP contribution in [0.3, 0.4) is 0 Å². The maximum Gasteiger partial charge on any atom is 0.129 e. The molecule has 1 fully saturated rings. The summed E-state index contributed by atoms with van der Waals surface area (Å²) < 4.78 is 29.5. The highest BCUT2D eigenvalue weighted by molar-refractivity contribution is 5.43. The van der Waals surface area contributed by atoms with E-state index in [0.29, 0.717) is 11.5 Å². The zero-order chi connectivity index (χ0) is 19.1. The third-order valence-corrected chi connectivity index (χ3v) is 5.87. The zero-order valence-electron chi connectivity index (χ0n) is 16.4. The summed E-state index contributed by atoms with van der Waals surface area (Å²) >= 11 is 0. The van der Waals surface area contributed by atoms with Crippen LogP contribution in [0.25, 0.3) is 0 Å². The molecule has 140 valence electrons. The molecule has 0 amide bonds. The van der Waals surface area contributed by atoms with Crippen LogP contribution in [0.5, 0.6) is 0 Å². The smallest absolute Gasteiger partial charge is 0.129 e. The lowest BCUT2D eigenvalue weighted by atomic mass is 9.79. The van der Waals surface area contributed by atoms with Gasteiger partial charge < -0.3 is 0 Å². The Hall–Kier alpha value is -1.74. The second-order valence-electron chi connectivity index (χ2n) is 8.17. The van der Waals surface area contributed by atoms with Gasteiger partial charge in [-0.2, -0.15) is 0 Å². The van der Waals surface area contributed by atoms with Crippen molar-refractivity contribution < 1.29 is 8.78 Å². The number of rotatable bonds is 4. The van der Waals surface area contributed by atoms with Crippen LogP contribution >= 0.6 is 0 Å². The topological polar surface area (TPSA) is 3.24 Å². The summed E-state index contributed by atoms with van der Waals surface area (Å²) in [7, 11) is 2.05. The lowest BCUT2D eigenvalue weighted by Crippen LogP contribution is -2.40. The van der Waals surface area contributed by atoms with Crippen LogP contribution in [-0.2, 0) is 5.54 Å². The molecule has 26 heavy (non-hydrogen) atoms. The fourth-order valence-electron chi connectivity index (χ4n) is 4.37. The van der Waals surface area contributed by atoms with E-state index in [0.717, 1.165) is 24.9 Å². The second-order valence-corrected chi connectivity index (χ2v) is 8.17. The van der Waals surface area contributed by atoms with Gasteiger partial charge in [-0.15, -0.1) is 0 Å². The summed E-state index contributed by atoms with van der Waals surface area (Å²) in [4.78, 5) is 2.24. The van der Waals surface area contributed by atoms with Crippen LogP contribution in [0.2, 0.25) is 0 Å². The molecular weight excluding hydrogens is 328 g/mol. The van der Waals surface area contributed by atoms with Gasteiger partial charge in [0.05, 0.1) is 5.54 Å². The molecule has 1 unspecified atom stereocenters. The third-order valence-electron chi connectivity index (χ3n) is 5.87. The fourth-order valence-corrected chi connectivity index (χ4v) is 4.37. The molecule has 2 aromatic rings. The molecule has 1 saturated heterocycles. The molecule has 1 nitrogen and oxygen atoms in total. The van der Waals surface area contributed by atoms with E-state index < -0.39 is 17.2 Å². The predicted octanol–water partition coefficient (Wildman–Crippen LogP) is 6.18. The first-order chi connectivity index (χ1) is 12.3. The Morgan fingerprint density at radius 3 is 1.88 bits per heavy atom. The quantitative estimate of drug-likeness (QED) is 0.631. The molecule has 1 atom stereocenters. The number of benzene rings is 2.